The molecule has 11 nitrogen and oxygen atoms in total. The molecule has 0 saturated heterocycles. The Morgan fingerprint density at radius 1 is 0.750 bits per heavy atom. The van der Waals surface area contributed by atoms with Crippen molar-refractivity contribution in [2.24, 2.45) is 0 Å². The molecule has 0 bridgehead atoms. The predicted octanol–water partition coefficient (Wildman–Crippen LogP) is 1.20. The summed E-state index contributed by atoms with van der Waals surface area (Å²) in [5.41, 5.74) is 0.215. The van der Waals surface area contributed by atoms with E-state index in [0.717, 1.165) is 0 Å². The topological polar surface area (TPSA) is 160 Å². The smallest absolute Gasteiger partial charge is 0.341 e. The number of carbonyl (C=O) groups excluding carboxylic acids is 2. The van der Waals surface area contributed by atoms with Gasteiger partial charge in [0.15, 0.2) is 11.5 Å². The first-order valence-electron chi connectivity index (χ1n) is 9.15. The van der Waals surface area contributed by atoms with Gasteiger partial charge in [0.1, 0.15) is 5.75 Å². The fourth-order valence-corrected chi connectivity index (χ4v) is 2.77. The Kier molecular flexibility index (Phi) is 6.59. The van der Waals surface area contributed by atoms with Crippen molar-refractivity contribution in [3.63, 3.8) is 0 Å². The number of ether oxygens (including phenoxy) is 3. The summed E-state index contributed by atoms with van der Waals surface area (Å²) in [7, 11) is 1.32. The molecule has 1 aromatic carbocycles. The second-order valence-corrected chi connectivity index (χ2v) is 6.57. The molecule has 2 heterocycles. The summed E-state index contributed by atoms with van der Waals surface area (Å²) in [5, 5.41) is 23.3. The minimum Gasteiger partial charge on any atom is -0.493 e. The van der Waals surface area contributed by atoms with E-state index in [4.69, 9.17) is 24.4 Å². The average Bonchev–Trinajstić information content (AvgIpc) is 2.80. The van der Waals surface area contributed by atoms with Crippen LogP contribution in [0.4, 0.5) is 0 Å². The van der Waals surface area contributed by atoms with Gasteiger partial charge in [0, 0.05) is 43.7 Å². The first-order chi connectivity index (χ1) is 15.3. The zero-order valence-electron chi connectivity index (χ0n) is 16.7. The van der Waals surface area contributed by atoms with Gasteiger partial charge in [-0.05, 0) is 12.1 Å². The van der Waals surface area contributed by atoms with Crippen molar-refractivity contribution in [2.45, 2.75) is 12.8 Å². The van der Waals surface area contributed by atoms with Crippen LogP contribution in [0.1, 0.15) is 12.8 Å². The molecular weight excluding hydrogens is 424 g/mol. The minimum atomic E-state index is -1.16. The summed E-state index contributed by atoms with van der Waals surface area (Å²) in [6.07, 6.45) is 5.00. The number of carboxylic acid groups (broad SMARTS) is 2. The number of carbonyl (C=O) groups is 4. The van der Waals surface area contributed by atoms with E-state index in [9.17, 15) is 19.2 Å². The van der Waals surface area contributed by atoms with Crippen molar-refractivity contribution >= 4 is 23.9 Å². The van der Waals surface area contributed by atoms with Gasteiger partial charge in [-0.2, -0.15) is 0 Å². The number of methoxy groups -OCH3 is 1. The Morgan fingerprint density at radius 2 is 1.25 bits per heavy atom. The number of benzene rings is 1. The third-order valence-electron chi connectivity index (χ3n) is 4.41. The fraction of sp³-hybridized carbons (Fsp3) is 0.143. The highest BCUT2D eigenvalue weighted by molar-refractivity contribution is 5.96. The molecular formula is C21H18N2O9. The van der Waals surface area contributed by atoms with Crippen LogP contribution in [0.25, 0.3) is 0 Å². The Hall–Kier alpha value is -4.54. The largest absolute Gasteiger partial charge is 0.493 e. The molecule has 0 fully saturated rings. The maximum Gasteiger partial charge on any atom is 0.341 e. The van der Waals surface area contributed by atoms with Crippen LogP contribution in [-0.2, 0) is 19.2 Å². The van der Waals surface area contributed by atoms with Crippen molar-refractivity contribution in [1.29, 1.82) is 0 Å². The molecule has 3 rings (SSSR count). The molecule has 0 aliphatic carbocycles. The van der Waals surface area contributed by atoms with Crippen LogP contribution in [0.3, 0.4) is 0 Å². The van der Waals surface area contributed by atoms with Crippen LogP contribution < -0.4 is 24.8 Å². The summed E-state index contributed by atoms with van der Waals surface area (Å²) < 4.78 is 15.7. The zero-order chi connectivity index (χ0) is 23.3. The number of dihydropyridines is 2. The molecule has 0 unspecified atom stereocenters. The molecule has 0 spiro atoms. The Balaban J connectivity index is 1.67. The van der Waals surface area contributed by atoms with E-state index >= 15 is 0 Å². The van der Waals surface area contributed by atoms with Crippen molar-refractivity contribution in [3.8, 4) is 17.2 Å². The van der Waals surface area contributed by atoms with Gasteiger partial charge >= 0.3 is 23.9 Å². The third kappa shape index (κ3) is 5.14. The lowest BCUT2D eigenvalue weighted by atomic mass is 10.1. The fourth-order valence-electron chi connectivity index (χ4n) is 2.77. The second kappa shape index (κ2) is 9.51. The average molecular weight is 442 g/mol. The molecule has 1 aromatic rings. The maximum absolute atomic E-state index is 12.4. The number of esters is 2. The van der Waals surface area contributed by atoms with Crippen LogP contribution >= 0.6 is 0 Å². The first-order valence-corrected chi connectivity index (χ1v) is 9.15. The number of hydrogen-bond acceptors (Lipinski definition) is 9. The van der Waals surface area contributed by atoms with Gasteiger partial charge in [0.2, 0.25) is 0 Å². The normalized spacial score (nSPS) is 14.9. The molecule has 11 heteroatoms. The highest BCUT2D eigenvalue weighted by Crippen LogP contribution is 2.33. The number of nitrogens with one attached hydrogen (secondary N) is 2. The lowest BCUT2D eigenvalue weighted by Crippen LogP contribution is -2.20. The number of aliphatic carboxylic acids is 2. The second-order valence-electron chi connectivity index (χ2n) is 6.57. The van der Waals surface area contributed by atoms with Gasteiger partial charge in [-0.15, -0.1) is 0 Å². The van der Waals surface area contributed by atoms with Gasteiger partial charge < -0.3 is 35.1 Å². The van der Waals surface area contributed by atoms with E-state index in [1.165, 1.54) is 50.1 Å². The van der Waals surface area contributed by atoms with E-state index in [1.807, 2.05) is 0 Å². The lowest BCUT2D eigenvalue weighted by Gasteiger charge is -2.15. The minimum absolute atomic E-state index is 0.00100. The number of rotatable bonds is 7. The molecule has 32 heavy (non-hydrogen) atoms. The van der Waals surface area contributed by atoms with E-state index in [0.29, 0.717) is 0 Å². The van der Waals surface area contributed by atoms with E-state index in [-0.39, 0.29) is 52.4 Å². The Morgan fingerprint density at radius 3 is 1.75 bits per heavy atom. The molecule has 0 amide bonds. The Labute approximate surface area is 181 Å². The molecule has 4 N–H and O–H groups in total. The van der Waals surface area contributed by atoms with Crippen LogP contribution in [0.2, 0.25) is 0 Å². The summed E-state index contributed by atoms with van der Waals surface area (Å²) in [5.74, 6) is -3.66. The van der Waals surface area contributed by atoms with Crippen molar-refractivity contribution in [3.05, 3.63) is 65.3 Å². The molecule has 2 aliphatic heterocycles. The van der Waals surface area contributed by atoms with E-state index < -0.39 is 23.9 Å². The van der Waals surface area contributed by atoms with Gasteiger partial charge in [-0.1, -0.05) is 0 Å². The summed E-state index contributed by atoms with van der Waals surface area (Å²) >= 11 is 0. The van der Waals surface area contributed by atoms with Crippen LogP contribution in [0.5, 0.6) is 17.2 Å². The van der Waals surface area contributed by atoms with Crippen molar-refractivity contribution in [1.82, 2.24) is 10.6 Å². The molecule has 0 atom stereocenters. The van der Waals surface area contributed by atoms with E-state index in [1.54, 1.807) is 0 Å². The monoisotopic (exact) mass is 442 g/mol. The number of hydrogen-bond donors (Lipinski definition) is 4. The summed E-state index contributed by atoms with van der Waals surface area (Å²) in [6.45, 7) is 0. The standard InChI is InChI=1S/C21H18N2O9/c1-30-17-6-15(31-20(28)13-4-11(18(24)25)7-22-9-13)2-3-16(17)32-21(29)14-5-12(19(26)27)8-23-10-14/h2-3,6-10,22-23H,4-5H2,1H3,(H,24,25)(H,26,27). The molecule has 166 valence electrons. The maximum atomic E-state index is 12.4. The van der Waals surface area contributed by atoms with Crippen LogP contribution in [0, 0.1) is 0 Å². The molecule has 0 aromatic heterocycles. The van der Waals surface area contributed by atoms with Gasteiger partial charge in [0.05, 0.1) is 29.4 Å². The third-order valence-corrected chi connectivity index (χ3v) is 4.41. The SMILES string of the molecule is COc1cc(OC(=O)C2=CNC=C(C(=O)O)C2)ccc1OC(=O)C1=CNC=C(C(=O)O)C1. The van der Waals surface area contributed by atoms with Crippen molar-refractivity contribution in [2.75, 3.05) is 7.11 Å². The van der Waals surface area contributed by atoms with E-state index in [2.05, 4.69) is 10.6 Å². The lowest BCUT2D eigenvalue weighted by molar-refractivity contribution is -0.134. The summed E-state index contributed by atoms with van der Waals surface area (Å²) in [4.78, 5) is 46.9. The zero-order valence-corrected chi connectivity index (χ0v) is 16.7. The molecule has 2 aliphatic rings. The summed E-state index contributed by atoms with van der Waals surface area (Å²) in [6, 6.07) is 4.03. The Bertz CT molecular complexity index is 1110. The predicted molar refractivity (Wildman–Crippen MR) is 107 cm³/mol. The van der Waals surface area contributed by atoms with Crippen molar-refractivity contribution < 1.29 is 43.6 Å². The first kappa shape index (κ1) is 22.2. The van der Waals surface area contributed by atoms with Crippen LogP contribution in [0.15, 0.2) is 65.3 Å². The van der Waals surface area contributed by atoms with Gasteiger partial charge in [0.25, 0.3) is 0 Å². The quantitative estimate of drug-likeness (QED) is 0.355. The molecule has 0 saturated carbocycles. The van der Waals surface area contributed by atoms with Gasteiger partial charge in [-0.3, -0.25) is 0 Å². The van der Waals surface area contributed by atoms with Gasteiger partial charge in [-0.25, -0.2) is 19.2 Å². The van der Waals surface area contributed by atoms with Crippen LogP contribution in [-0.4, -0.2) is 41.2 Å². The highest BCUT2D eigenvalue weighted by atomic mass is 16.6. The highest BCUT2D eigenvalue weighted by Gasteiger charge is 2.23. The number of carboxylic acids is 2. The molecule has 0 radical (unpaired) electrons.